The smallest absolute Gasteiger partial charge is 0.326 e. The molecule has 1 fully saturated rings. The summed E-state index contributed by atoms with van der Waals surface area (Å²) in [6, 6.07) is 1.67. The first-order chi connectivity index (χ1) is 12.9. The van der Waals surface area contributed by atoms with Crippen molar-refractivity contribution in [1.29, 1.82) is 0 Å². The quantitative estimate of drug-likeness (QED) is 0.615. The molecular weight excluding hydrogens is 348 g/mol. The maximum atomic E-state index is 12.8. The van der Waals surface area contributed by atoms with Gasteiger partial charge in [0, 0.05) is 38.8 Å². The van der Waals surface area contributed by atoms with E-state index in [-0.39, 0.29) is 17.6 Å². The van der Waals surface area contributed by atoms with E-state index < -0.39 is 11.8 Å². The van der Waals surface area contributed by atoms with Crippen LogP contribution in [0.15, 0.2) is 23.3 Å². The van der Waals surface area contributed by atoms with Gasteiger partial charge < -0.3 is 19.8 Å². The molecule has 3 aromatic heterocycles. The minimum atomic E-state index is -0.549. The van der Waals surface area contributed by atoms with Crippen molar-refractivity contribution in [3.63, 3.8) is 0 Å². The van der Waals surface area contributed by atoms with E-state index in [1.165, 1.54) is 4.90 Å². The Kier molecular flexibility index (Phi) is 4.01. The van der Waals surface area contributed by atoms with Gasteiger partial charge in [-0.15, -0.1) is 0 Å². The van der Waals surface area contributed by atoms with Crippen molar-refractivity contribution in [2.75, 3.05) is 27.2 Å². The highest BCUT2D eigenvalue weighted by atomic mass is 16.2. The number of carbonyl (C=O) groups is 2. The summed E-state index contributed by atoms with van der Waals surface area (Å²) in [4.78, 5) is 50.4. The lowest BCUT2D eigenvalue weighted by Gasteiger charge is -2.37. The Morgan fingerprint density at radius 3 is 2.85 bits per heavy atom. The number of likely N-dealkylation sites (tertiary alicyclic amines) is 1. The SMILES string of the molecule is C[C@@H]1CCN(C(=O)C(=O)N(C)C)C[C@@H]1n1c(=O)[nH]c2cnc3[nH]ccc3c21. The monoisotopic (exact) mass is 370 g/mol. The maximum absolute atomic E-state index is 12.8. The van der Waals surface area contributed by atoms with Crippen molar-refractivity contribution in [1.82, 2.24) is 29.3 Å². The van der Waals surface area contributed by atoms with E-state index in [0.717, 1.165) is 17.3 Å². The first-order valence-electron chi connectivity index (χ1n) is 8.95. The average molecular weight is 370 g/mol. The highest BCUT2D eigenvalue weighted by Crippen LogP contribution is 2.31. The number of nitrogens with zero attached hydrogens (tertiary/aromatic N) is 4. The van der Waals surface area contributed by atoms with Gasteiger partial charge in [-0.25, -0.2) is 9.78 Å². The molecule has 2 amide bonds. The summed E-state index contributed by atoms with van der Waals surface area (Å²) in [5, 5.41) is 0.853. The van der Waals surface area contributed by atoms with Crippen molar-refractivity contribution < 1.29 is 9.59 Å². The lowest BCUT2D eigenvalue weighted by Crippen LogP contribution is -2.50. The first kappa shape index (κ1) is 17.3. The van der Waals surface area contributed by atoms with E-state index in [1.54, 1.807) is 36.0 Å². The zero-order valence-corrected chi connectivity index (χ0v) is 15.5. The Morgan fingerprint density at radius 2 is 2.11 bits per heavy atom. The molecule has 0 radical (unpaired) electrons. The Morgan fingerprint density at radius 1 is 1.33 bits per heavy atom. The Balaban J connectivity index is 1.79. The lowest BCUT2D eigenvalue weighted by atomic mass is 9.93. The Hall–Kier alpha value is -3.10. The molecule has 3 aromatic rings. The molecule has 1 saturated heterocycles. The van der Waals surface area contributed by atoms with Crippen molar-refractivity contribution >= 4 is 33.9 Å². The van der Waals surface area contributed by atoms with E-state index in [4.69, 9.17) is 0 Å². The number of aromatic nitrogens is 4. The van der Waals surface area contributed by atoms with Gasteiger partial charge in [0.15, 0.2) is 0 Å². The molecule has 0 spiro atoms. The van der Waals surface area contributed by atoms with Crippen LogP contribution >= 0.6 is 0 Å². The summed E-state index contributed by atoms with van der Waals surface area (Å²) in [7, 11) is 3.12. The van der Waals surface area contributed by atoms with Crippen LogP contribution in [0.4, 0.5) is 0 Å². The summed E-state index contributed by atoms with van der Waals surface area (Å²) in [6.07, 6.45) is 4.14. The molecule has 1 aliphatic rings. The summed E-state index contributed by atoms with van der Waals surface area (Å²) in [5.41, 5.74) is 1.91. The van der Waals surface area contributed by atoms with Crippen LogP contribution < -0.4 is 5.69 Å². The minimum absolute atomic E-state index is 0.183. The Labute approximate surface area is 155 Å². The molecule has 2 atom stereocenters. The number of hydrogen-bond acceptors (Lipinski definition) is 4. The van der Waals surface area contributed by atoms with Gasteiger partial charge >= 0.3 is 17.5 Å². The first-order valence-corrected chi connectivity index (χ1v) is 8.95. The van der Waals surface area contributed by atoms with Crippen LogP contribution in [-0.4, -0.2) is 68.3 Å². The van der Waals surface area contributed by atoms with E-state index >= 15 is 0 Å². The largest absolute Gasteiger partial charge is 0.346 e. The van der Waals surface area contributed by atoms with Crippen molar-refractivity contribution in [2.24, 2.45) is 5.92 Å². The lowest BCUT2D eigenvalue weighted by molar-refractivity contribution is -0.151. The normalized spacial score (nSPS) is 20.3. The number of likely N-dealkylation sites (N-methyl/N-ethyl adjacent to an activating group) is 1. The molecule has 0 bridgehead atoms. The third-order valence-corrected chi connectivity index (χ3v) is 5.39. The molecular formula is C18H22N6O3. The maximum Gasteiger partial charge on any atom is 0.326 e. The van der Waals surface area contributed by atoms with Crippen LogP contribution in [0, 0.1) is 5.92 Å². The predicted octanol–water partition coefficient (Wildman–Crippen LogP) is 0.704. The van der Waals surface area contributed by atoms with Gasteiger partial charge in [-0.2, -0.15) is 0 Å². The summed E-state index contributed by atoms with van der Waals surface area (Å²) in [5.74, 6) is -0.896. The highest BCUT2D eigenvalue weighted by molar-refractivity contribution is 6.34. The molecule has 27 heavy (non-hydrogen) atoms. The fourth-order valence-electron chi connectivity index (χ4n) is 3.83. The number of pyridine rings is 1. The second kappa shape index (κ2) is 6.26. The number of fused-ring (bicyclic) bond motifs is 3. The number of piperidine rings is 1. The molecule has 4 rings (SSSR count). The van der Waals surface area contributed by atoms with Gasteiger partial charge in [-0.05, 0) is 18.4 Å². The minimum Gasteiger partial charge on any atom is -0.346 e. The van der Waals surface area contributed by atoms with Gasteiger partial charge in [0.1, 0.15) is 5.65 Å². The molecule has 9 heteroatoms. The van der Waals surface area contributed by atoms with Gasteiger partial charge in [0.25, 0.3) is 0 Å². The zero-order chi connectivity index (χ0) is 19.3. The summed E-state index contributed by atoms with van der Waals surface area (Å²) < 4.78 is 1.72. The van der Waals surface area contributed by atoms with Gasteiger partial charge in [0.05, 0.1) is 23.3 Å². The molecule has 1 aliphatic heterocycles. The van der Waals surface area contributed by atoms with E-state index in [0.29, 0.717) is 24.3 Å². The number of H-pyrrole nitrogens is 2. The molecule has 0 unspecified atom stereocenters. The number of nitrogens with one attached hydrogen (secondary N) is 2. The fourth-order valence-corrected chi connectivity index (χ4v) is 3.83. The Bertz CT molecular complexity index is 1090. The third kappa shape index (κ3) is 2.70. The van der Waals surface area contributed by atoms with E-state index in [2.05, 4.69) is 21.9 Å². The number of hydrogen-bond donors (Lipinski definition) is 2. The summed E-state index contributed by atoms with van der Waals surface area (Å²) in [6.45, 7) is 2.90. The van der Waals surface area contributed by atoms with Gasteiger partial charge in [-0.3, -0.25) is 14.2 Å². The van der Waals surface area contributed by atoms with Crippen molar-refractivity contribution in [2.45, 2.75) is 19.4 Å². The molecule has 0 saturated carbocycles. The highest BCUT2D eigenvalue weighted by Gasteiger charge is 2.35. The van der Waals surface area contributed by atoms with Crippen LogP contribution in [0.5, 0.6) is 0 Å². The van der Waals surface area contributed by atoms with Crippen LogP contribution in [0.1, 0.15) is 19.4 Å². The second-order valence-corrected chi connectivity index (χ2v) is 7.34. The average Bonchev–Trinajstić information content (AvgIpc) is 3.24. The number of aromatic amines is 2. The number of imidazole rings is 1. The topological polar surface area (TPSA) is 107 Å². The van der Waals surface area contributed by atoms with Crippen molar-refractivity contribution in [3.05, 3.63) is 28.9 Å². The van der Waals surface area contributed by atoms with Crippen LogP contribution in [-0.2, 0) is 9.59 Å². The molecule has 9 nitrogen and oxygen atoms in total. The zero-order valence-electron chi connectivity index (χ0n) is 15.5. The summed E-state index contributed by atoms with van der Waals surface area (Å²) >= 11 is 0. The molecule has 4 heterocycles. The molecule has 0 aliphatic carbocycles. The van der Waals surface area contributed by atoms with Crippen LogP contribution in [0.2, 0.25) is 0 Å². The second-order valence-electron chi connectivity index (χ2n) is 7.34. The van der Waals surface area contributed by atoms with Gasteiger partial charge in [0.2, 0.25) is 0 Å². The number of carbonyl (C=O) groups excluding carboxylic acids is 2. The number of rotatable bonds is 1. The molecule has 142 valence electrons. The van der Waals surface area contributed by atoms with Crippen molar-refractivity contribution in [3.8, 4) is 0 Å². The number of amides is 2. The third-order valence-electron chi connectivity index (χ3n) is 5.39. The molecule has 0 aromatic carbocycles. The van der Waals surface area contributed by atoms with Crippen LogP contribution in [0.25, 0.3) is 22.1 Å². The van der Waals surface area contributed by atoms with Gasteiger partial charge in [-0.1, -0.05) is 6.92 Å². The standard InChI is InChI=1S/C18H22N6O3/c1-10-5-7-23(17(26)16(25)22(2)3)9-13(10)24-14-11-4-6-19-15(11)20-8-12(14)21-18(24)27/h4,6,8,10,13H,5,7,9H2,1-3H3,(H,19,20)(H,21,27)/t10-,13+/m1/s1. The predicted molar refractivity (Wildman–Crippen MR) is 100 cm³/mol. The van der Waals surface area contributed by atoms with E-state index in [1.807, 2.05) is 6.07 Å². The fraction of sp³-hybridized carbons (Fsp3) is 0.444. The van der Waals surface area contributed by atoms with Crippen LogP contribution in [0.3, 0.4) is 0 Å². The van der Waals surface area contributed by atoms with E-state index in [9.17, 15) is 14.4 Å². The molecule has 2 N–H and O–H groups in total.